The lowest BCUT2D eigenvalue weighted by Gasteiger charge is -2.37. The zero-order chi connectivity index (χ0) is 86.4. The first-order chi connectivity index (χ1) is 56.5. The van der Waals surface area contributed by atoms with E-state index in [2.05, 4.69) is 36.3 Å². The molecule has 27 heteroatoms. The van der Waals surface area contributed by atoms with Gasteiger partial charge in [-0.05, 0) is 145 Å². The van der Waals surface area contributed by atoms with Crippen LogP contribution in [0.4, 0.5) is 39.2 Å². The molecule has 6 unspecified atom stereocenters. The molecule has 0 aliphatic heterocycles. The molecule has 646 valence electrons. The number of benzene rings is 6. The van der Waals surface area contributed by atoms with E-state index in [-0.39, 0.29) is 75.4 Å². The van der Waals surface area contributed by atoms with E-state index in [4.69, 9.17) is 62.0 Å². The summed E-state index contributed by atoms with van der Waals surface area (Å²) < 4.78 is 40.7. The molecule has 7 aromatic rings. The fourth-order valence-corrected chi connectivity index (χ4v) is 12.4. The second kappa shape index (κ2) is 57.6. The molecule has 8 atom stereocenters. The molecule has 4 aliphatic rings. The van der Waals surface area contributed by atoms with Crippen molar-refractivity contribution in [1.82, 2.24) is 36.5 Å². The minimum atomic E-state index is -0.770. The van der Waals surface area contributed by atoms with Gasteiger partial charge in [0, 0.05) is 82.0 Å². The highest BCUT2D eigenvalue weighted by Crippen LogP contribution is 2.25. The first kappa shape index (κ1) is 99.8. The number of nitrogens with one attached hydrogen (secondary N) is 5. The number of amides is 5. The lowest BCUT2D eigenvalue weighted by Crippen LogP contribution is -2.53. The minimum absolute atomic E-state index is 0.115. The van der Waals surface area contributed by atoms with Crippen molar-refractivity contribution in [2.24, 2.45) is 17.2 Å². The van der Waals surface area contributed by atoms with E-state index in [9.17, 15) is 33.6 Å². The van der Waals surface area contributed by atoms with Crippen LogP contribution >= 0.6 is 11.6 Å². The van der Waals surface area contributed by atoms with Gasteiger partial charge in [0.2, 0.25) is 0 Å². The number of aromatic nitrogens is 1. The van der Waals surface area contributed by atoms with E-state index < -0.39 is 47.2 Å². The third-order valence-electron chi connectivity index (χ3n) is 18.7. The lowest BCUT2D eigenvalue weighted by atomic mass is 9.89. The maximum Gasteiger partial charge on any atom is 0.509 e. The Labute approximate surface area is 704 Å². The second-order valence-corrected chi connectivity index (χ2v) is 31.1. The van der Waals surface area contributed by atoms with Crippen LogP contribution in [0, 0.1) is 0 Å². The number of halogens is 1. The Hall–Kier alpha value is -10.5. The molecule has 4 saturated carbocycles. The van der Waals surface area contributed by atoms with E-state index in [1.54, 1.807) is 65.9 Å². The highest BCUT2D eigenvalue weighted by atomic mass is 35.5. The van der Waals surface area contributed by atoms with Crippen molar-refractivity contribution in [1.29, 1.82) is 0 Å². The van der Waals surface area contributed by atoms with E-state index in [0.717, 1.165) is 97.6 Å². The fourth-order valence-electron chi connectivity index (χ4n) is 12.3. The van der Waals surface area contributed by atoms with E-state index in [1.807, 2.05) is 220 Å². The van der Waals surface area contributed by atoms with Crippen LogP contribution in [-0.4, -0.2) is 147 Å². The zero-order valence-corrected chi connectivity index (χ0v) is 71.6. The van der Waals surface area contributed by atoms with Gasteiger partial charge in [0.1, 0.15) is 50.8 Å². The SMILES string of the molecule is CC(C)(C)OC(=O)OC(C)(C)C.CN(C(=O)OCc1ccccc1)C1CCCCC1NC(=O)OCc1ccccc1.CN(C)c1ccncc1.CNC(=O)OCc1ccccc1.CNC1CCCCC1N.N[C@H]1CCCC[C@@H]1N.O=C(Cl)OCc1ccccc1.O=C(NC1CCCCC1NC(=O)OCc1ccccc1)OCc1ccccc1. The van der Waals surface area contributed by atoms with Gasteiger partial charge < -0.3 is 91.5 Å². The minimum Gasteiger partial charge on any atom is -0.449 e. The summed E-state index contributed by atoms with van der Waals surface area (Å²) in [5, 5.41) is 14.3. The summed E-state index contributed by atoms with van der Waals surface area (Å²) in [7, 11) is 9.28. The van der Waals surface area contributed by atoms with Crippen molar-refractivity contribution in [2.75, 3.05) is 40.1 Å². The van der Waals surface area contributed by atoms with Gasteiger partial charge in [-0.2, -0.15) is 0 Å². The first-order valence-electron chi connectivity index (χ1n) is 40.5. The number of nitrogens with zero attached hydrogens (tertiary/aromatic N) is 3. The van der Waals surface area contributed by atoms with Crippen molar-refractivity contribution in [2.45, 2.75) is 243 Å². The molecule has 0 radical (unpaired) electrons. The molecule has 4 aliphatic carbocycles. The predicted octanol–water partition coefficient (Wildman–Crippen LogP) is 17.3. The molecule has 6 aromatic carbocycles. The molecule has 4 fully saturated rings. The summed E-state index contributed by atoms with van der Waals surface area (Å²) in [4.78, 5) is 88.5. The Morgan fingerprint density at radius 3 is 0.958 bits per heavy atom. The zero-order valence-electron chi connectivity index (χ0n) is 70.9. The highest BCUT2D eigenvalue weighted by Gasteiger charge is 2.34. The molecule has 118 heavy (non-hydrogen) atoms. The van der Waals surface area contributed by atoms with Gasteiger partial charge >= 0.3 is 42.1 Å². The molecule has 0 saturated heterocycles. The first-order valence-corrected chi connectivity index (χ1v) is 40.9. The summed E-state index contributed by atoms with van der Waals surface area (Å²) in [5.41, 5.74) is 22.2. The van der Waals surface area contributed by atoms with Crippen molar-refractivity contribution < 1.29 is 71.5 Å². The molecular formula is C91H130ClN11O15. The molecule has 5 amide bonds. The summed E-state index contributed by atoms with van der Waals surface area (Å²) in [6.45, 7) is 12.3. The number of pyridine rings is 1. The maximum absolute atomic E-state index is 12.5. The largest absolute Gasteiger partial charge is 0.509 e. The molecular weight excluding hydrogens is 1520 g/mol. The average molecular weight is 1650 g/mol. The van der Waals surface area contributed by atoms with Crippen LogP contribution in [0.5, 0.6) is 0 Å². The summed E-state index contributed by atoms with van der Waals surface area (Å²) >= 11 is 4.97. The second-order valence-electron chi connectivity index (χ2n) is 30.8. The van der Waals surface area contributed by atoms with E-state index in [0.29, 0.717) is 18.7 Å². The quantitative estimate of drug-likeness (QED) is 0.0225. The number of ether oxygens (including phenoxy) is 8. The molecule has 0 bridgehead atoms. The number of hydrogen-bond acceptors (Lipinski definition) is 21. The summed E-state index contributed by atoms with van der Waals surface area (Å²) in [5.74, 6) is 0. The van der Waals surface area contributed by atoms with Crippen LogP contribution in [0.3, 0.4) is 0 Å². The Kier molecular flexibility index (Phi) is 48.7. The van der Waals surface area contributed by atoms with Crippen molar-refractivity contribution in [3.8, 4) is 0 Å². The number of carbonyl (C=O) groups excluding carboxylic acids is 7. The topological polar surface area (TPSA) is 351 Å². The van der Waals surface area contributed by atoms with Gasteiger partial charge in [-0.1, -0.05) is 233 Å². The van der Waals surface area contributed by atoms with Crippen LogP contribution in [-0.2, 0) is 77.5 Å². The monoisotopic (exact) mass is 1650 g/mol. The standard InChI is InChI=1S/C23H28N2O4.C22H26N2O4.C9H11NO2.C9H18O3.C8H7ClO2.C7H10N2.C7H16N2.C6H14N2/c1-25(23(27)29-17-19-12-6-3-7-13-19)21-15-9-8-14-20(21)24-22(26)28-16-18-10-4-2-5-11-18;25-21(27-15-17-9-3-1-4-10-17)23-19-13-7-8-14-20(19)24-22(26)28-16-18-11-5-2-6-12-18;1-10-9(11)12-7-8-5-3-2-4-6-8;1-8(2,3)11-7(10)12-9(4,5)6;9-8(10)11-6-7-4-2-1-3-5-7;1-9(2)7-3-5-8-6-4-7;1-9-7-5-3-2-4-6(7)8;7-5-3-1-2-4-6(5)8/h2-7,10-13,20-21H,8-9,14-17H2,1H3,(H,24,26);1-6,9-12,19-20H,7-8,13-16H2,(H,23,25)(H,24,26);2-6H,7H2,1H3,(H,10,11);1-6H3;1-5H,6H2;3-6H,1-2H3;6-7,9H,2-5,8H2,1H3;5-6H,1-4,7-8H2/t;;;;;;;5-,6-/m.......0/s1. The Morgan fingerprint density at radius 2 is 0.669 bits per heavy atom. The fraction of sp³-hybridized carbons (Fsp3) is 0.473. The van der Waals surface area contributed by atoms with E-state index >= 15 is 0 Å². The summed E-state index contributed by atoms with van der Waals surface area (Å²) in [6, 6.07) is 62.0. The third-order valence-corrected chi connectivity index (χ3v) is 18.8. The molecule has 1 heterocycles. The van der Waals surface area contributed by atoms with Crippen molar-refractivity contribution in [3.05, 3.63) is 240 Å². The number of anilines is 1. The molecule has 26 nitrogen and oxygen atoms in total. The number of carbonyl (C=O) groups is 7. The number of alkyl carbamates (subject to hydrolysis) is 4. The third kappa shape index (κ3) is 46.4. The molecule has 0 spiro atoms. The lowest BCUT2D eigenvalue weighted by molar-refractivity contribution is -0.0468. The van der Waals surface area contributed by atoms with Crippen molar-refractivity contribution in [3.63, 3.8) is 0 Å². The average Bonchev–Trinajstić information content (AvgIpc) is 0.846. The van der Waals surface area contributed by atoms with E-state index in [1.165, 1.54) is 51.3 Å². The van der Waals surface area contributed by atoms with Crippen LogP contribution in [0.1, 0.15) is 178 Å². The Morgan fingerprint density at radius 1 is 0.381 bits per heavy atom. The van der Waals surface area contributed by atoms with Crippen molar-refractivity contribution >= 4 is 59.3 Å². The van der Waals surface area contributed by atoms with Crippen LogP contribution in [0.25, 0.3) is 0 Å². The smallest absolute Gasteiger partial charge is 0.449 e. The van der Waals surface area contributed by atoms with Gasteiger partial charge in [-0.15, -0.1) is 0 Å². The van der Waals surface area contributed by atoms with Gasteiger partial charge in [-0.25, -0.2) is 33.6 Å². The van der Waals surface area contributed by atoms with Gasteiger partial charge in [0.25, 0.3) is 0 Å². The van der Waals surface area contributed by atoms with Crippen LogP contribution in [0.2, 0.25) is 0 Å². The van der Waals surface area contributed by atoms with Gasteiger partial charge in [0.15, 0.2) is 0 Å². The summed E-state index contributed by atoms with van der Waals surface area (Å²) in [6.07, 6.45) is 17.9. The number of likely N-dealkylation sites (N-methyl/N-ethyl adjacent to an activating group) is 2. The predicted molar refractivity (Wildman–Crippen MR) is 463 cm³/mol. The highest BCUT2D eigenvalue weighted by molar-refractivity contribution is 6.61. The van der Waals surface area contributed by atoms with Gasteiger partial charge in [0.05, 0.1) is 24.2 Å². The molecule has 11 N–H and O–H groups in total. The number of rotatable bonds is 18. The van der Waals surface area contributed by atoms with Crippen LogP contribution < -0.4 is 48.7 Å². The normalized spacial score (nSPS) is 18.2. The molecule has 11 rings (SSSR count). The number of nitrogens with two attached hydrogens (primary N) is 3. The Balaban J connectivity index is 0.000000300. The van der Waals surface area contributed by atoms with Gasteiger partial charge in [-0.3, -0.25) is 4.98 Å². The maximum atomic E-state index is 12.5. The number of hydrogen-bond donors (Lipinski definition) is 8. The molecule has 1 aromatic heterocycles. The Bertz CT molecular complexity index is 3770. The van der Waals surface area contributed by atoms with Crippen LogP contribution in [0.15, 0.2) is 207 Å².